The van der Waals surface area contributed by atoms with Crippen molar-refractivity contribution in [2.75, 3.05) is 0 Å². The van der Waals surface area contributed by atoms with Crippen molar-refractivity contribution >= 4 is 11.9 Å². The molecular formula is C9H17NO3. The van der Waals surface area contributed by atoms with E-state index in [4.69, 9.17) is 5.11 Å². The van der Waals surface area contributed by atoms with Crippen molar-refractivity contribution in [2.24, 2.45) is 5.92 Å². The molecule has 76 valence electrons. The van der Waals surface area contributed by atoms with Crippen molar-refractivity contribution in [1.29, 1.82) is 0 Å². The van der Waals surface area contributed by atoms with E-state index in [1.807, 2.05) is 13.8 Å². The van der Waals surface area contributed by atoms with Gasteiger partial charge in [-0.05, 0) is 5.92 Å². The van der Waals surface area contributed by atoms with Crippen LogP contribution in [0.15, 0.2) is 0 Å². The zero-order valence-electron chi connectivity index (χ0n) is 8.33. The molecule has 2 atom stereocenters. The van der Waals surface area contributed by atoms with E-state index in [2.05, 4.69) is 5.32 Å². The first-order valence-electron chi connectivity index (χ1n) is 4.55. The summed E-state index contributed by atoms with van der Waals surface area (Å²) in [5.74, 6) is -1.21. The van der Waals surface area contributed by atoms with E-state index in [1.54, 1.807) is 6.92 Å². The molecular weight excluding hydrogens is 170 g/mol. The van der Waals surface area contributed by atoms with Crippen LogP contribution in [-0.2, 0) is 9.59 Å². The largest absolute Gasteiger partial charge is 0.480 e. The normalized spacial score (nSPS) is 14.7. The van der Waals surface area contributed by atoms with Gasteiger partial charge in [0.2, 0.25) is 5.91 Å². The number of carboxylic acids is 1. The number of carbonyl (C=O) groups excluding carboxylic acids is 1. The number of nitrogens with one attached hydrogen (secondary N) is 1. The second kappa shape index (κ2) is 5.56. The molecule has 0 fully saturated rings. The van der Waals surface area contributed by atoms with Crippen LogP contribution in [0.2, 0.25) is 0 Å². The van der Waals surface area contributed by atoms with Crippen LogP contribution in [0, 0.1) is 5.92 Å². The average Bonchev–Trinajstić information content (AvgIpc) is 2.11. The fraction of sp³-hybridized carbons (Fsp3) is 0.778. The molecule has 1 amide bonds. The molecule has 0 saturated carbocycles. The van der Waals surface area contributed by atoms with E-state index >= 15 is 0 Å². The van der Waals surface area contributed by atoms with Crippen molar-refractivity contribution < 1.29 is 14.7 Å². The molecule has 0 spiro atoms. The van der Waals surface area contributed by atoms with Gasteiger partial charge < -0.3 is 10.4 Å². The summed E-state index contributed by atoms with van der Waals surface area (Å²) >= 11 is 0. The van der Waals surface area contributed by atoms with E-state index in [0.717, 1.165) is 6.42 Å². The lowest BCUT2D eigenvalue weighted by atomic mass is 9.99. The number of hydrogen-bond acceptors (Lipinski definition) is 2. The monoisotopic (exact) mass is 187 g/mol. The number of rotatable bonds is 5. The Morgan fingerprint density at radius 1 is 1.38 bits per heavy atom. The van der Waals surface area contributed by atoms with Gasteiger partial charge in [-0.2, -0.15) is 0 Å². The molecule has 0 aromatic rings. The van der Waals surface area contributed by atoms with Crippen LogP contribution in [0.5, 0.6) is 0 Å². The quantitative estimate of drug-likeness (QED) is 0.675. The summed E-state index contributed by atoms with van der Waals surface area (Å²) in [5.41, 5.74) is 0. The Kier molecular flexibility index (Phi) is 5.11. The third-order valence-electron chi connectivity index (χ3n) is 2.12. The first kappa shape index (κ1) is 11.9. The van der Waals surface area contributed by atoms with Crippen LogP contribution < -0.4 is 5.32 Å². The van der Waals surface area contributed by atoms with Gasteiger partial charge in [0.05, 0.1) is 0 Å². The lowest BCUT2D eigenvalue weighted by Gasteiger charge is -2.19. The highest BCUT2D eigenvalue weighted by Gasteiger charge is 2.24. The van der Waals surface area contributed by atoms with Crippen molar-refractivity contribution in [2.45, 2.75) is 39.7 Å². The van der Waals surface area contributed by atoms with Crippen LogP contribution in [0.4, 0.5) is 0 Å². The van der Waals surface area contributed by atoms with Gasteiger partial charge in [0.15, 0.2) is 0 Å². The van der Waals surface area contributed by atoms with E-state index in [9.17, 15) is 9.59 Å². The summed E-state index contributed by atoms with van der Waals surface area (Å²) in [7, 11) is 0. The van der Waals surface area contributed by atoms with Gasteiger partial charge in [-0.15, -0.1) is 0 Å². The van der Waals surface area contributed by atoms with Gasteiger partial charge in [0.1, 0.15) is 6.04 Å². The second-order valence-corrected chi connectivity index (χ2v) is 3.12. The van der Waals surface area contributed by atoms with E-state index in [-0.39, 0.29) is 11.8 Å². The summed E-state index contributed by atoms with van der Waals surface area (Å²) in [5, 5.41) is 11.3. The third kappa shape index (κ3) is 3.92. The Labute approximate surface area is 78.3 Å². The molecule has 0 heterocycles. The summed E-state index contributed by atoms with van der Waals surface area (Å²) in [4.78, 5) is 21.7. The lowest BCUT2D eigenvalue weighted by molar-refractivity contribution is -0.143. The van der Waals surface area contributed by atoms with Gasteiger partial charge in [0, 0.05) is 6.42 Å². The third-order valence-corrected chi connectivity index (χ3v) is 2.12. The molecule has 0 aliphatic carbocycles. The molecule has 0 radical (unpaired) electrons. The Balaban J connectivity index is 4.26. The average molecular weight is 187 g/mol. The molecule has 0 saturated heterocycles. The van der Waals surface area contributed by atoms with Gasteiger partial charge in [0.25, 0.3) is 0 Å². The highest BCUT2D eigenvalue weighted by atomic mass is 16.4. The molecule has 13 heavy (non-hydrogen) atoms. The zero-order valence-corrected chi connectivity index (χ0v) is 8.33. The molecule has 0 aromatic heterocycles. The zero-order chi connectivity index (χ0) is 10.4. The molecule has 0 aliphatic heterocycles. The molecule has 0 aliphatic rings. The molecule has 4 heteroatoms. The molecule has 0 unspecified atom stereocenters. The van der Waals surface area contributed by atoms with Crippen molar-refractivity contribution in [1.82, 2.24) is 5.32 Å². The Bertz CT molecular complexity index is 191. The predicted molar refractivity (Wildman–Crippen MR) is 49.3 cm³/mol. The summed E-state index contributed by atoms with van der Waals surface area (Å²) < 4.78 is 0. The SMILES string of the molecule is CCC(=O)N[C@H](C(=O)O)[C@@H](C)CC. The van der Waals surface area contributed by atoms with Crippen molar-refractivity contribution in [3.8, 4) is 0 Å². The smallest absolute Gasteiger partial charge is 0.326 e. The molecule has 0 bridgehead atoms. The van der Waals surface area contributed by atoms with Crippen molar-refractivity contribution in [3.63, 3.8) is 0 Å². The van der Waals surface area contributed by atoms with Crippen LogP contribution in [0.3, 0.4) is 0 Å². The first-order chi connectivity index (χ1) is 6.02. The number of carboxylic acid groups (broad SMARTS) is 1. The summed E-state index contributed by atoms with van der Waals surface area (Å²) in [6.07, 6.45) is 1.06. The Morgan fingerprint density at radius 2 is 1.92 bits per heavy atom. The highest BCUT2D eigenvalue weighted by Crippen LogP contribution is 2.07. The number of amides is 1. The number of aliphatic carboxylic acids is 1. The molecule has 2 N–H and O–H groups in total. The number of carbonyl (C=O) groups is 2. The maximum atomic E-state index is 11.0. The van der Waals surface area contributed by atoms with Crippen LogP contribution >= 0.6 is 0 Å². The van der Waals surface area contributed by atoms with E-state index in [1.165, 1.54) is 0 Å². The topological polar surface area (TPSA) is 66.4 Å². The lowest BCUT2D eigenvalue weighted by Crippen LogP contribution is -2.44. The fourth-order valence-electron chi connectivity index (χ4n) is 0.959. The van der Waals surface area contributed by atoms with Crippen LogP contribution in [0.25, 0.3) is 0 Å². The van der Waals surface area contributed by atoms with E-state index < -0.39 is 12.0 Å². The maximum Gasteiger partial charge on any atom is 0.326 e. The van der Waals surface area contributed by atoms with Gasteiger partial charge in [-0.25, -0.2) is 4.79 Å². The maximum absolute atomic E-state index is 11.0. The van der Waals surface area contributed by atoms with Crippen LogP contribution in [-0.4, -0.2) is 23.0 Å². The minimum absolute atomic E-state index is 0.0343. The number of hydrogen-bond donors (Lipinski definition) is 2. The fourth-order valence-corrected chi connectivity index (χ4v) is 0.959. The molecule has 0 rings (SSSR count). The van der Waals surface area contributed by atoms with Gasteiger partial charge in [-0.1, -0.05) is 27.2 Å². The standard InChI is InChI=1S/C9H17NO3/c1-4-6(3)8(9(12)13)10-7(11)5-2/h6,8H,4-5H2,1-3H3,(H,10,11)(H,12,13)/t6-,8-/m0/s1. The second-order valence-electron chi connectivity index (χ2n) is 3.12. The van der Waals surface area contributed by atoms with E-state index in [0.29, 0.717) is 6.42 Å². The van der Waals surface area contributed by atoms with Gasteiger partial charge >= 0.3 is 5.97 Å². The Morgan fingerprint density at radius 3 is 2.23 bits per heavy atom. The van der Waals surface area contributed by atoms with Crippen molar-refractivity contribution in [3.05, 3.63) is 0 Å². The Hall–Kier alpha value is -1.06. The highest BCUT2D eigenvalue weighted by molar-refractivity contribution is 5.83. The predicted octanol–water partition coefficient (Wildman–Crippen LogP) is 1.01. The minimum atomic E-state index is -0.962. The van der Waals surface area contributed by atoms with Crippen LogP contribution in [0.1, 0.15) is 33.6 Å². The first-order valence-corrected chi connectivity index (χ1v) is 4.55. The summed E-state index contributed by atoms with van der Waals surface area (Å²) in [6, 6.07) is -0.752. The minimum Gasteiger partial charge on any atom is -0.480 e. The van der Waals surface area contributed by atoms with Gasteiger partial charge in [-0.3, -0.25) is 4.79 Å². The summed E-state index contributed by atoms with van der Waals surface area (Å²) in [6.45, 7) is 5.41. The molecule has 0 aromatic carbocycles. The molecule has 4 nitrogen and oxygen atoms in total.